The van der Waals surface area contributed by atoms with Crippen molar-refractivity contribution in [1.29, 1.82) is 0 Å². The van der Waals surface area contributed by atoms with Crippen LogP contribution in [0.2, 0.25) is 0 Å². The van der Waals surface area contributed by atoms with Gasteiger partial charge in [-0.25, -0.2) is 0 Å². The molecule has 0 saturated carbocycles. The predicted octanol–water partition coefficient (Wildman–Crippen LogP) is 2.79. The van der Waals surface area contributed by atoms with Crippen LogP contribution >= 0.6 is 11.8 Å². The number of thioether (sulfide) groups is 1. The largest absolute Gasteiger partial charge is 0.481 e. The van der Waals surface area contributed by atoms with Gasteiger partial charge in [-0.15, -0.1) is 0 Å². The molecule has 4 nitrogen and oxygen atoms in total. The molecule has 0 saturated heterocycles. The predicted molar refractivity (Wildman–Crippen MR) is 72.1 cm³/mol. The molecule has 1 aromatic carbocycles. The van der Waals surface area contributed by atoms with Crippen LogP contribution in [-0.4, -0.2) is 35.3 Å². The number of amides is 1. The number of benzene rings is 1. The summed E-state index contributed by atoms with van der Waals surface area (Å²) in [5.41, 5.74) is 2.03. The second-order valence-corrected chi connectivity index (χ2v) is 5.27. The van der Waals surface area contributed by atoms with Gasteiger partial charge in [-0.1, -0.05) is 6.07 Å². The van der Waals surface area contributed by atoms with Crippen LogP contribution in [-0.2, 0) is 11.2 Å². The molecule has 0 spiro atoms. The molecule has 0 radical (unpaired) electrons. The van der Waals surface area contributed by atoms with Crippen LogP contribution in [0, 0.1) is 6.92 Å². The molecule has 0 heterocycles. The first-order valence-corrected chi connectivity index (χ1v) is 6.42. The van der Waals surface area contributed by atoms with Crippen molar-refractivity contribution >= 4 is 23.0 Å². The Morgan fingerprint density at radius 1 is 1.33 bits per heavy atom. The van der Waals surface area contributed by atoms with E-state index in [0.717, 1.165) is 16.0 Å². The van der Waals surface area contributed by atoms with Crippen LogP contribution in [0.15, 0.2) is 23.1 Å². The van der Waals surface area contributed by atoms with Gasteiger partial charge in [-0.2, -0.15) is 0 Å². The summed E-state index contributed by atoms with van der Waals surface area (Å²) in [5, 5.41) is 8.63. The number of aliphatic carboxylic acids is 1. The van der Waals surface area contributed by atoms with Gasteiger partial charge < -0.3 is 10.0 Å². The number of rotatable bonds is 4. The summed E-state index contributed by atoms with van der Waals surface area (Å²) in [6.07, 6.45) is 0.650. The Morgan fingerprint density at radius 2 is 2.00 bits per heavy atom. The molecule has 0 aliphatic rings. The van der Waals surface area contributed by atoms with Gasteiger partial charge in [-0.3, -0.25) is 9.59 Å². The molecule has 0 fully saturated rings. The van der Waals surface area contributed by atoms with E-state index in [9.17, 15) is 9.59 Å². The molecule has 0 atom stereocenters. The van der Waals surface area contributed by atoms with Gasteiger partial charge in [0.05, 0.1) is 0 Å². The third kappa shape index (κ3) is 4.41. The van der Waals surface area contributed by atoms with E-state index in [0.29, 0.717) is 6.42 Å². The highest BCUT2D eigenvalue weighted by Gasteiger charge is 2.08. The van der Waals surface area contributed by atoms with E-state index >= 15 is 0 Å². The minimum atomic E-state index is -0.796. The number of carboxylic acid groups (broad SMARTS) is 1. The van der Waals surface area contributed by atoms with Gasteiger partial charge in [0.2, 0.25) is 0 Å². The molecule has 0 aliphatic carbocycles. The minimum Gasteiger partial charge on any atom is -0.481 e. The lowest BCUT2D eigenvalue weighted by molar-refractivity contribution is -0.136. The van der Waals surface area contributed by atoms with E-state index in [-0.39, 0.29) is 11.7 Å². The molecule has 1 rings (SSSR count). The first kappa shape index (κ1) is 14.6. The van der Waals surface area contributed by atoms with Crippen LogP contribution in [0.4, 0.5) is 4.79 Å². The zero-order valence-corrected chi connectivity index (χ0v) is 11.6. The van der Waals surface area contributed by atoms with Crippen molar-refractivity contribution in [2.45, 2.75) is 24.7 Å². The number of nitrogens with zero attached hydrogens (tertiary/aromatic N) is 1. The van der Waals surface area contributed by atoms with E-state index in [1.165, 1.54) is 16.7 Å². The summed E-state index contributed by atoms with van der Waals surface area (Å²) in [4.78, 5) is 24.5. The number of aryl methyl sites for hydroxylation is 2. The maximum Gasteiger partial charge on any atom is 0.303 e. The van der Waals surface area contributed by atoms with Gasteiger partial charge in [0.15, 0.2) is 0 Å². The monoisotopic (exact) mass is 267 g/mol. The maximum atomic E-state index is 11.5. The Bertz CT molecular complexity index is 458. The summed E-state index contributed by atoms with van der Waals surface area (Å²) in [7, 11) is 3.42. The summed E-state index contributed by atoms with van der Waals surface area (Å²) < 4.78 is 0. The lowest BCUT2D eigenvalue weighted by Crippen LogP contribution is -2.16. The molecule has 1 amide bonds. The average Bonchev–Trinajstić information content (AvgIpc) is 2.27. The molecule has 18 heavy (non-hydrogen) atoms. The van der Waals surface area contributed by atoms with Gasteiger partial charge in [-0.05, 0) is 48.4 Å². The van der Waals surface area contributed by atoms with Crippen molar-refractivity contribution in [3.63, 3.8) is 0 Å². The fourth-order valence-electron chi connectivity index (χ4n) is 1.45. The topological polar surface area (TPSA) is 57.6 Å². The standard InChI is InChI=1S/C13H17NO3S/c1-9-8-11(18-13(17)14(2)3)6-4-10(9)5-7-12(15)16/h4,6,8H,5,7H2,1-3H3,(H,15,16). The zero-order chi connectivity index (χ0) is 13.7. The van der Waals surface area contributed by atoms with Crippen molar-refractivity contribution in [3.8, 4) is 0 Å². The Kier molecular flexibility index (Phi) is 5.22. The molecule has 98 valence electrons. The SMILES string of the molecule is Cc1cc(SC(=O)N(C)C)ccc1CCC(=O)O. The molecule has 5 heteroatoms. The smallest absolute Gasteiger partial charge is 0.303 e. The Hall–Kier alpha value is -1.49. The van der Waals surface area contributed by atoms with Crippen LogP contribution in [0.25, 0.3) is 0 Å². The summed E-state index contributed by atoms with van der Waals surface area (Å²) >= 11 is 1.17. The Morgan fingerprint density at radius 3 is 2.50 bits per heavy atom. The highest BCUT2D eigenvalue weighted by molar-refractivity contribution is 8.13. The first-order chi connectivity index (χ1) is 8.40. The third-order valence-electron chi connectivity index (χ3n) is 2.49. The fourth-order valence-corrected chi connectivity index (χ4v) is 2.20. The molecule has 0 aromatic heterocycles. The van der Waals surface area contributed by atoms with Gasteiger partial charge >= 0.3 is 5.97 Å². The lowest BCUT2D eigenvalue weighted by atomic mass is 10.0. The minimum absolute atomic E-state index is 0.0207. The van der Waals surface area contributed by atoms with Gasteiger partial charge in [0, 0.05) is 25.4 Å². The zero-order valence-electron chi connectivity index (χ0n) is 10.8. The van der Waals surface area contributed by atoms with Crippen molar-refractivity contribution in [3.05, 3.63) is 29.3 Å². The number of carboxylic acids is 1. The van der Waals surface area contributed by atoms with Crippen LogP contribution < -0.4 is 0 Å². The number of carbonyl (C=O) groups excluding carboxylic acids is 1. The van der Waals surface area contributed by atoms with E-state index in [2.05, 4.69) is 0 Å². The quantitative estimate of drug-likeness (QED) is 0.852. The van der Waals surface area contributed by atoms with Crippen molar-refractivity contribution in [1.82, 2.24) is 4.90 Å². The van der Waals surface area contributed by atoms with Crippen molar-refractivity contribution in [2.24, 2.45) is 0 Å². The third-order valence-corrected chi connectivity index (χ3v) is 3.52. The normalized spacial score (nSPS) is 10.2. The van der Waals surface area contributed by atoms with Crippen LogP contribution in [0.5, 0.6) is 0 Å². The molecule has 0 aliphatic heterocycles. The number of hydrogen-bond donors (Lipinski definition) is 1. The average molecular weight is 267 g/mol. The highest BCUT2D eigenvalue weighted by atomic mass is 32.2. The molecule has 0 bridgehead atoms. The summed E-state index contributed by atoms with van der Waals surface area (Å²) in [6.45, 7) is 1.93. The molecular weight excluding hydrogens is 250 g/mol. The Balaban J connectivity index is 2.73. The van der Waals surface area contributed by atoms with Crippen molar-refractivity contribution in [2.75, 3.05) is 14.1 Å². The summed E-state index contributed by atoms with van der Waals surface area (Å²) in [5.74, 6) is -0.796. The van der Waals surface area contributed by atoms with E-state index in [4.69, 9.17) is 5.11 Å². The van der Waals surface area contributed by atoms with Gasteiger partial charge in [0.25, 0.3) is 5.24 Å². The maximum absolute atomic E-state index is 11.5. The van der Waals surface area contributed by atoms with Crippen LogP contribution in [0.3, 0.4) is 0 Å². The molecular formula is C13H17NO3S. The van der Waals surface area contributed by atoms with Gasteiger partial charge in [0.1, 0.15) is 0 Å². The fraction of sp³-hybridized carbons (Fsp3) is 0.385. The molecule has 1 N–H and O–H groups in total. The molecule has 0 unspecified atom stereocenters. The summed E-state index contributed by atoms with van der Waals surface area (Å²) in [6, 6.07) is 5.67. The van der Waals surface area contributed by atoms with Crippen LogP contribution in [0.1, 0.15) is 17.5 Å². The number of hydrogen-bond acceptors (Lipinski definition) is 3. The Labute approximate surface area is 111 Å². The van der Waals surface area contributed by atoms with E-state index in [1.54, 1.807) is 14.1 Å². The lowest BCUT2D eigenvalue weighted by Gasteiger charge is -2.10. The van der Waals surface area contributed by atoms with E-state index in [1.807, 2.05) is 25.1 Å². The number of carbonyl (C=O) groups is 2. The van der Waals surface area contributed by atoms with E-state index < -0.39 is 5.97 Å². The van der Waals surface area contributed by atoms with Crippen molar-refractivity contribution < 1.29 is 14.7 Å². The molecule has 1 aromatic rings. The highest BCUT2D eigenvalue weighted by Crippen LogP contribution is 2.23. The second-order valence-electron chi connectivity index (χ2n) is 4.24. The first-order valence-electron chi connectivity index (χ1n) is 5.60. The second kappa shape index (κ2) is 6.44.